The molecule has 98 heavy (non-hydrogen) atoms. The van der Waals surface area contributed by atoms with Gasteiger partial charge in [-0.1, -0.05) is 30.3 Å². The summed E-state index contributed by atoms with van der Waals surface area (Å²) < 4.78 is 28.7. The largest absolute Gasteiger partial charge is 0.507 e. The highest BCUT2D eigenvalue weighted by Crippen LogP contribution is 2.53. The number of Topliss-reactive ketones (excluding diaryl/α,β-unsaturated/α-hetero) is 1. The first kappa shape index (κ1) is 73.8. The molecule has 1 fully saturated rings. The number of benzene rings is 3. The SMILES string of the molecule is COc1cccc2c1C(=O)c1c(O)c3c(c(O)c1C2=O)CC(O)(C(=O)CO)CC3OC1CC(NC(=O)CNC(=O)C(CCCN=C(N)N)NC(=O)C(CCCN=C(N)N)N2C(=O)C(NC(=O)CCOCCOCCNC(=O)CCN3C(=O)C=CC3=O)Cc3ccccc32)C(O)C(C)O1. The molecule has 8 amide bonds. The molecule has 8 rings (SSSR count). The number of nitrogens with one attached hydrogen (secondary N) is 5. The van der Waals surface area contributed by atoms with Crippen molar-refractivity contribution in [3.05, 3.63) is 93.6 Å². The molecule has 0 aromatic heterocycles. The number of aromatic hydroxyl groups is 2. The summed E-state index contributed by atoms with van der Waals surface area (Å²) in [6.07, 6.45) is -5.43. The number of nitrogens with zero attached hydrogens (tertiary/aromatic N) is 4. The number of aliphatic hydroxyl groups is 3. The number of aliphatic hydroxyl groups excluding tert-OH is 2. The zero-order valence-corrected chi connectivity index (χ0v) is 53.8. The number of para-hydroxylation sites is 1. The number of nitrogens with two attached hydrogens (primary N) is 4. The number of fused-ring (bicyclic) bond motifs is 4. The molecule has 18 N–H and O–H groups in total. The van der Waals surface area contributed by atoms with E-state index in [2.05, 4.69) is 36.6 Å². The maximum Gasteiger partial charge on any atom is 0.253 e. The number of carbonyl (C=O) groups is 11. The van der Waals surface area contributed by atoms with Gasteiger partial charge in [-0.15, -0.1) is 0 Å². The van der Waals surface area contributed by atoms with Crippen LogP contribution in [0.1, 0.15) is 113 Å². The molecule has 34 heteroatoms. The van der Waals surface area contributed by atoms with Crippen LogP contribution in [0.3, 0.4) is 0 Å². The van der Waals surface area contributed by atoms with E-state index in [1.54, 1.807) is 24.3 Å². The van der Waals surface area contributed by atoms with E-state index in [9.17, 15) is 78.3 Å². The lowest BCUT2D eigenvalue weighted by molar-refractivity contribution is -0.249. The Morgan fingerprint density at radius 2 is 1.45 bits per heavy atom. The molecule has 3 aromatic carbocycles. The summed E-state index contributed by atoms with van der Waals surface area (Å²) in [5.74, 6) is -10.3. The number of imide groups is 1. The first-order valence-corrected chi connectivity index (χ1v) is 31.6. The summed E-state index contributed by atoms with van der Waals surface area (Å²) >= 11 is 0. The minimum Gasteiger partial charge on any atom is -0.507 e. The van der Waals surface area contributed by atoms with Crippen molar-refractivity contribution in [2.45, 2.75) is 126 Å². The molecule has 0 bridgehead atoms. The van der Waals surface area contributed by atoms with Crippen molar-refractivity contribution in [3.63, 3.8) is 0 Å². The van der Waals surface area contributed by atoms with Crippen LogP contribution >= 0.6 is 0 Å². The lowest BCUT2D eigenvalue weighted by atomic mass is 9.72. The van der Waals surface area contributed by atoms with Crippen molar-refractivity contribution < 1.29 is 102 Å². The second-order valence-electron chi connectivity index (χ2n) is 23.8. The third kappa shape index (κ3) is 17.6. The maximum atomic E-state index is 14.9. The fourth-order valence-electron chi connectivity index (χ4n) is 12.2. The highest BCUT2D eigenvalue weighted by atomic mass is 16.7. The van der Waals surface area contributed by atoms with Crippen molar-refractivity contribution in [1.82, 2.24) is 31.5 Å². The number of carbonyl (C=O) groups excluding carboxylic acids is 11. The van der Waals surface area contributed by atoms with Crippen LogP contribution < -0.4 is 59.2 Å². The summed E-state index contributed by atoms with van der Waals surface area (Å²) in [5.41, 5.74) is 18.6. The zero-order valence-electron chi connectivity index (χ0n) is 53.8. The van der Waals surface area contributed by atoms with Gasteiger partial charge in [0.15, 0.2) is 29.8 Å². The normalized spacial score (nSPS) is 21.3. The standard InChI is InChI=1S/C64H81N13O21/c1-32-54(85)37(27-49(97-32)98-42-29-64(93,43(79)31-78)28-35-51(42)58(89)53-52(56(35)87)55(86)34-9-5-13-41(94-2)50(34)57(53)88)73-46(82)30-72-59(90)36(10-6-18-70-62(65)66)75-60(91)40(12-7-19-71-63(67)68)77-39-11-4-3-8-33(39)26-38(61(77)92)74-45(81)17-22-95-24-25-96-23-20-69-44(80)16-21-76-47(83)14-15-48(76)84/h3-5,8-9,11,13-15,32,36-38,40,42,49,54,78,85,87,89,93H,6-7,10,12,16-31H2,1-2H3,(H,69,80)(H,72,90)(H,73,82)(H,74,81)(H,75,91)(H4,65,66,70)(H4,67,68,71). The summed E-state index contributed by atoms with van der Waals surface area (Å²) in [6, 6.07) is 5.68. The molecule has 1 saturated heterocycles. The van der Waals surface area contributed by atoms with E-state index >= 15 is 0 Å². The molecule has 2 aliphatic carbocycles. The highest BCUT2D eigenvalue weighted by molar-refractivity contribution is 6.31. The number of aliphatic imine (C=N–C) groups is 2. The van der Waals surface area contributed by atoms with E-state index in [0.29, 0.717) is 11.3 Å². The van der Waals surface area contributed by atoms with Crippen molar-refractivity contribution in [3.8, 4) is 17.2 Å². The number of guanidine groups is 2. The lowest BCUT2D eigenvalue weighted by Gasteiger charge is -2.43. The van der Waals surface area contributed by atoms with Crippen LogP contribution in [0, 0.1) is 0 Å². The van der Waals surface area contributed by atoms with Crippen LogP contribution in [0.25, 0.3) is 0 Å². The fraction of sp³-hybridized carbons (Fsp3) is 0.484. The summed E-state index contributed by atoms with van der Waals surface area (Å²) in [5, 5.41) is 70.2. The molecule has 5 aliphatic rings. The van der Waals surface area contributed by atoms with Crippen molar-refractivity contribution >= 4 is 82.2 Å². The number of anilines is 1. The number of hydrogen-bond acceptors (Lipinski definition) is 23. The second kappa shape index (κ2) is 33.3. The number of hydrogen-bond donors (Lipinski definition) is 14. The molecule has 0 saturated carbocycles. The van der Waals surface area contributed by atoms with Gasteiger partial charge in [-0.25, -0.2) is 0 Å². The topological polar surface area (TPSA) is 530 Å². The summed E-state index contributed by atoms with van der Waals surface area (Å²) in [7, 11) is 1.26. The molecular formula is C64H81N13O21. The van der Waals surface area contributed by atoms with E-state index < -0.39 is 162 Å². The third-order valence-electron chi connectivity index (χ3n) is 17.1. The Labute approximate surface area is 560 Å². The van der Waals surface area contributed by atoms with Crippen molar-refractivity contribution in [2.75, 3.05) is 77.8 Å². The van der Waals surface area contributed by atoms with E-state index in [0.717, 1.165) is 17.1 Å². The maximum absolute atomic E-state index is 14.9. The van der Waals surface area contributed by atoms with Crippen LogP contribution in [-0.2, 0) is 74.9 Å². The Morgan fingerprint density at radius 3 is 2.13 bits per heavy atom. The van der Waals surface area contributed by atoms with Crippen molar-refractivity contribution in [2.24, 2.45) is 32.9 Å². The van der Waals surface area contributed by atoms with Gasteiger partial charge in [0, 0.05) is 99.2 Å². The number of ether oxygens (including phenoxy) is 5. The van der Waals surface area contributed by atoms with Crippen LogP contribution in [0.15, 0.2) is 64.6 Å². The summed E-state index contributed by atoms with van der Waals surface area (Å²) in [4.78, 5) is 158. The van der Waals surface area contributed by atoms with E-state index in [-0.39, 0.29) is 150 Å². The number of phenolic OH excluding ortho intramolecular Hbond substituents is 2. The molecular weight excluding hydrogens is 1290 g/mol. The number of rotatable bonds is 33. The number of methoxy groups -OCH3 is 1. The lowest BCUT2D eigenvalue weighted by Crippen LogP contribution is -2.61. The molecule has 3 aliphatic heterocycles. The number of phenols is 2. The van der Waals surface area contributed by atoms with Gasteiger partial charge in [0.25, 0.3) is 17.7 Å². The molecule has 528 valence electrons. The predicted octanol–water partition coefficient (Wildman–Crippen LogP) is -3.84. The van der Waals surface area contributed by atoms with Crippen LogP contribution in [0.4, 0.5) is 5.69 Å². The van der Waals surface area contributed by atoms with Gasteiger partial charge in [0.05, 0.1) is 75.0 Å². The number of ketones is 3. The highest BCUT2D eigenvalue weighted by Gasteiger charge is 2.51. The Hall–Kier alpha value is -9.97. The Balaban J connectivity index is 0.911. The minimum absolute atomic E-state index is 0.00332. The van der Waals surface area contributed by atoms with Gasteiger partial charge >= 0.3 is 0 Å². The smallest absolute Gasteiger partial charge is 0.253 e. The van der Waals surface area contributed by atoms with Gasteiger partial charge < -0.3 is 98.7 Å². The Bertz CT molecular complexity index is 3650. The zero-order chi connectivity index (χ0) is 71.1. The van der Waals surface area contributed by atoms with Crippen molar-refractivity contribution in [1.29, 1.82) is 0 Å². The Kier molecular flexibility index (Phi) is 25.1. The van der Waals surface area contributed by atoms with Gasteiger partial charge in [-0.3, -0.25) is 72.5 Å². The average molecular weight is 1370 g/mol. The summed E-state index contributed by atoms with van der Waals surface area (Å²) in [6.45, 7) is -0.163. The molecule has 0 radical (unpaired) electrons. The first-order valence-electron chi connectivity index (χ1n) is 31.6. The van der Waals surface area contributed by atoms with Gasteiger partial charge in [0.1, 0.15) is 53.7 Å². The first-order chi connectivity index (χ1) is 46.8. The quantitative estimate of drug-likeness (QED) is 0.00714. The molecule has 34 nitrogen and oxygen atoms in total. The fourth-order valence-corrected chi connectivity index (χ4v) is 12.2. The molecule has 3 aromatic rings. The monoisotopic (exact) mass is 1370 g/mol. The molecule has 3 heterocycles. The van der Waals surface area contributed by atoms with Crippen LogP contribution in [0.2, 0.25) is 0 Å². The molecule has 9 unspecified atom stereocenters. The van der Waals surface area contributed by atoms with Gasteiger partial charge in [-0.2, -0.15) is 0 Å². The average Bonchev–Trinajstić information content (AvgIpc) is 1.02. The van der Waals surface area contributed by atoms with E-state index in [1.165, 1.54) is 37.1 Å². The van der Waals surface area contributed by atoms with Crippen LogP contribution in [0.5, 0.6) is 17.2 Å². The Morgan fingerprint density at radius 1 is 0.776 bits per heavy atom. The minimum atomic E-state index is -2.48. The second-order valence-corrected chi connectivity index (χ2v) is 23.8. The third-order valence-corrected chi connectivity index (χ3v) is 17.1. The van der Waals surface area contributed by atoms with E-state index in [1.807, 2.05) is 0 Å². The predicted molar refractivity (Wildman–Crippen MR) is 344 cm³/mol. The molecule has 9 atom stereocenters. The van der Waals surface area contributed by atoms with E-state index in [4.69, 9.17) is 46.6 Å². The van der Waals surface area contributed by atoms with Gasteiger partial charge in [0.2, 0.25) is 35.3 Å². The number of amides is 8. The van der Waals surface area contributed by atoms with Crippen LogP contribution in [-0.4, -0.2) is 228 Å². The van der Waals surface area contributed by atoms with Gasteiger partial charge in [-0.05, 0) is 50.3 Å². The molecule has 0 spiro atoms.